The largest absolute Gasteiger partial charge is 0.457 e. The van der Waals surface area contributed by atoms with Gasteiger partial charge in [0.1, 0.15) is 11.5 Å². The first kappa shape index (κ1) is 15.1. The molecule has 3 heteroatoms. The molecule has 0 bridgehead atoms. The van der Waals surface area contributed by atoms with Gasteiger partial charge in [-0.1, -0.05) is 30.3 Å². The van der Waals surface area contributed by atoms with Crippen LogP contribution in [0.3, 0.4) is 0 Å². The lowest BCUT2D eigenvalue weighted by atomic mass is 10.0. The molecule has 2 atom stereocenters. The van der Waals surface area contributed by atoms with Crippen molar-refractivity contribution in [2.45, 2.75) is 25.9 Å². The van der Waals surface area contributed by atoms with Crippen LogP contribution < -0.4 is 10.5 Å². The van der Waals surface area contributed by atoms with Crippen molar-refractivity contribution < 1.29 is 4.74 Å². The topological polar surface area (TPSA) is 38.5 Å². The third kappa shape index (κ3) is 3.87. The number of benzene rings is 2. The second-order valence-corrected chi connectivity index (χ2v) is 6.21. The lowest BCUT2D eigenvalue weighted by Gasteiger charge is -2.18. The van der Waals surface area contributed by atoms with Gasteiger partial charge in [0.05, 0.1) is 0 Å². The highest BCUT2D eigenvalue weighted by Gasteiger charge is 2.24. The number of ether oxygens (including phenoxy) is 1. The Bertz CT molecular complexity index is 597. The fourth-order valence-electron chi connectivity index (χ4n) is 3.03. The molecule has 0 spiro atoms. The van der Waals surface area contributed by atoms with Gasteiger partial charge in [0.15, 0.2) is 0 Å². The molecule has 2 aromatic rings. The fraction of sp³-hybridized carbons (Fsp3) is 0.368. The van der Waals surface area contributed by atoms with Crippen molar-refractivity contribution >= 4 is 0 Å². The molecule has 1 fully saturated rings. The van der Waals surface area contributed by atoms with E-state index in [0.29, 0.717) is 5.92 Å². The number of likely N-dealkylation sites (tertiary alicyclic amines) is 1. The zero-order valence-electron chi connectivity index (χ0n) is 13.1. The summed E-state index contributed by atoms with van der Waals surface area (Å²) in [6.45, 7) is 5.31. The predicted octanol–water partition coefficient (Wildman–Crippen LogP) is 3.65. The maximum absolute atomic E-state index is 6.02. The van der Waals surface area contributed by atoms with Gasteiger partial charge in [-0.05, 0) is 55.6 Å². The van der Waals surface area contributed by atoms with Gasteiger partial charge < -0.3 is 10.5 Å². The Hall–Kier alpha value is -1.84. The molecule has 1 aliphatic heterocycles. The molecule has 0 saturated carbocycles. The maximum Gasteiger partial charge on any atom is 0.127 e. The molecule has 1 saturated heterocycles. The average molecular weight is 296 g/mol. The molecular weight excluding hydrogens is 272 g/mol. The van der Waals surface area contributed by atoms with E-state index >= 15 is 0 Å². The first-order valence-corrected chi connectivity index (χ1v) is 8.00. The summed E-state index contributed by atoms with van der Waals surface area (Å²) in [4.78, 5) is 2.48. The molecule has 22 heavy (non-hydrogen) atoms. The Labute approximate surface area is 132 Å². The predicted molar refractivity (Wildman–Crippen MR) is 90.0 cm³/mol. The van der Waals surface area contributed by atoms with Crippen molar-refractivity contribution in [1.82, 2.24) is 4.90 Å². The van der Waals surface area contributed by atoms with Crippen LogP contribution in [0, 0.1) is 5.92 Å². The van der Waals surface area contributed by atoms with Crippen molar-refractivity contribution in [3.63, 3.8) is 0 Å². The maximum atomic E-state index is 6.02. The van der Waals surface area contributed by atoms with Crippen LogP contribution >= 0.6 is 0 Å². The molecule has 2 N–H and O–H groups in total. The van der Waals surface area contributed by atoms with Crippen LogP contribution in [0.25, 0.3) is 0 Å². The van der Waals surface area contributed by atoms with Gasteiger partial charge >= 0.3 is 0 Å². The van der Waals surface area contributed by atoms with Crippen molar-refractivity contribution in [3.05, 3.63) is 60.2 Å². The molecular formula is C19H24N2O. The molecule has 0 aromatic heterocycles. The molecule has 2 aromatic carbocycles. The average Bonchev–Trinajstić information content (AvgIpc) is 2.97. The minimum atomic E-state index is 0.290. The van der Waals surface area contributed by atoms with Gasteiger partial charge in [0, 0.05) is 19.1 Å². The third-order valence-corrected chi connectivity index (χ3v) is 4.34. The van der Waals surface area contributed by atoms with E-state index in [2.05, 4.69) is 30.0 Å². The van der Waals surface area contributed by atoms with Crippen LogP contribution in [0.5, 0.6) is 11.5 Å². The van der Waals surface area contributed by atoms with E-state index in [1.165, 1.54) is 12.0 Å². The summed E-state index contributed by atoms with van der Waals surface area (Å²) in [6, 6.07) is 18.6. The summed E-state index contributed by atoms with van der Waals surface area (Å²) >= 11 is 0. The Morgan fingerprint density at radius 2 is 1.91 bits per heavy atom. The van der Waals surface area contributed by atoms with Crippen molar-refractivity contribution in [1.29, 1.82) is 0 Å². The number of para-hydroxylation sites is 1. The highest BCUT2D eigenvalue weighted by molar-refractivity contribution is 5.33. The van der Waals surface area contributed by atoms with Crippen molar-refractivity contribution in [2.24, 2.45) is 11.7 Å². The van der Waals surface area contributed by atoms with Crippen LogP contribution in [-0.2, 0) is 6.54 Å². The van der Waals surface area contributed by atoms with Gasteiger partial charge in [-0.15, -0.1) is 0 Å². The highest BCUT2D eigenvalue weighted by Crippen LogP contribution is 2.24. The van der Waals surface area contributed by atoms with Crippen molar-refractivity contribution in [3.8, 4) is 11.5 Å². The highest BCUT2D eigenvalue weighted by atomic mass is 16.5. The molecule has 0 amide bonds. The van der Waals surface area contributed by atoms with Gasteiger partial charge in [-0.2, -0.15) is 0 Å². The summed E-state index contributed by atoms with van der Waals surface area (Å²) < 4.78 is 5.90. The molecule has 0 aliphatic carbocycles. The Morgan fingerprint density at radius 1 is 1.14 bits per heavy atom. The van der Waals surface area contributed by atoms with E-state index in [9.17, 15) is 0 Å². The first-order valence-electron chi connectivity index (χ1n) is 8.00. The van der Waals surface area contributed by atoms with Crippen LogP contribution in [0.4, 0.5) is 0 Å². The van der Waals surface area contributed by atoms with E-state index < -0.39 is 0 Å². The lowest BCUT2D eigenvalue weighted by molar-refractivity contribution is 0.308. The summed E-state index contributed by atoms with van der Waals surface area (Å²) in [5.41, 5.74) is 7.31. The van der Waals surface area contributed by atoms with Crippen LogP contribution in [0.15, 0.2) is 54.6 Å². The van der Waals surface area contributed by atoms with E-state index in [4.69, 9.17) is 10.5 Å². The SMILES string of the molecule is CC(N)C1CCN(Cc2cccc(Oc3ccccc3)c2)C1. The normalized spacial score (nSPS) is 20.0. The van der Waals surface area contributed by atoms with Gasteiger partial charge in [-0.3, -0.25) is 4.90 Å². The summed E-state index contributed by atoms with van der Waals surface area (Å²) in [6.07, 6.45) is 1.21. The molecule has 2 unspecified atom stereocenters. The monoisotopic (exact) mass is 296 g/mol. The lowest BCUT2D eigenvalue weighted by Crippen LogP contribution is -2.29. The van der Waals surface area contributed by atoms with Gasteiger partial charge in [-0.25, -0.2) is 0 Å². The molecule has 1 aliphatic rings. The summed E-state index contributed by atoms with van der Waals surface area (Å²) in [5, 5.41) is 0. The smallest absolute Gasteiger partial charge is 0.127 e. The van der Waals surface area contributed by atoms with Gasteiger partial charge in [0.2, 0.25) is 0 Å². The second kappa shape index (κ2) is 6.95. The van der Waals surface area contributed by atoms with Crippen LogP contribution in [0.1, 0.15) is 18.9 Å². The van der Waals surface area contributed by atoms with Crippen LogP contribution in [0.2, 0.25) is 0 Å². The summed E-state index contributed by atoms with van der Waals surface area (Å²) in [5.74, 6) is 2.40. The fourth-order valence-corrected chi connectivity index (χ4v) is 3.03. The molecule has 3 rings (SSSR count). The second-order valence-electron chi connectivity index (χ2n) is 6.21. The van der Waals surface area contributed by atoms with Crippen molar-refractivity contribution in [2.75, 3.05) is 13.1 Å². The Kier molecular flexibility index (Phi) is 4.76. The number of hydrogen-bond acceptors (Lipinski definition) is 3. The van der Waals surface area contributed by atoms with E-state index in [1.807, 2.05) is 36.4 Å². The zero-order valence-corrected chi connectivity index (χ0v) is 13.1. The molecule has 116 valence electrons. The zero-order chi connectivity index (χ0) is 15.4. The minimum absolute atomic E-state index is 0.290. The Balaban J connectivity index is 1.62. The minimum Gasteiger partial charge on any atom is -0.457 e. The quantitative estimate of drug-likeness (QED) is 0.915. The van der Waals surface area contributed by atoms with E-state index in [-0.39, 0.29) is 6.04 Å². The van der Waals surface area contributed by atoms with Gasteiger partial charge in [0.25, 0.3) is 0 Å². The number of rotatable bonds is 5. The first-order chi connectivity index (χ1) is 10.7. The Morgan fingerprint density at radius 3 is 2.64 bits per heavy atom. The molecule has 0 radical (unpaired) electrons. The van der Waals surface area contributed by atoms with E-state index in [0.717, 1.165) is 31.1 Å². The molecule has 1 heterocycles. The molecule has 3 nitrogen and oxygen atoms in total. The van der Waals surface area contributed by atoms with E-state index in [1.54, 1.807) is 0 Å². The number of nitrogens with two attached hydrogens (primary N) is 1. The van der Waals surface area contributed by atoms with Crippen LogP contribution in [-0.4, -0.2) is 24.0 Å². The number of hydrogen-bond donors (Lipinski definition) is 1. The summed E-state index contributed by atoms with van der Waals surface area (Å²) in [7, 11) is 0. The standard InChI is InChI=1S/C19H24N2O/c1-15(20)17-10-11-21(14-17)13-16-6-5-9-19(12-16)22-18-7-3-2-4-8-18/h2-9,12,15,17H,10-11,13-14,20H2,1H3. The number of nitrogens with zero attached hydrogens (tertiary/aromatic N) is 1. The third-order valence-electron chi connectivity index (χ3n) is 4.34.